The van der Waals surface area contributed by atoms with Crippen molar-refractivity contribution in [3.63, 3.8) is 0 Å². The lowest BCUT2D eigenvalue weighted by atomic mass is 9.78. The molecule has 6 rings (SSSR count). The Labute approximate surface area is 212 Å². The van der Waals surface area contributed by atoms with Crippen molar-refractivity contribution in [3.8, 4) is 11.1 Å². The van der Waals surface area contributed by atoms with Gasteiger partial charge in [0.25, 0.3) is 5.91 Å². The highest BCUT2D eigenvalue weighted by atomic mass is 16.5. The number of rotatable bonds is 5. The normalized spacial score (nSPS) is 20.5. The third-order valence-electron chi connectivity index (χ3n) is 7.93. The molecule has 1 amide bonds. The van der Waals surface area contributed by atoms with E-state index >= 15 is 0 Å². The molecule has 2 aromatic heterocycles. The molecule has 0 radical (unpaired) electrons. The van der Waals surface area contributed by atoms with Crippen LogP contribution in [-0.4, -0.2) is 46.7 Å². The number of morpholine rings is 1. The number of aromatic nitrogens is 2. The van der Waals surface area contributed by atoms with Gasteiger partial charge in [-0.3, -0.25) is 9.78 Å². The fourth-order valence-corrected chi connectivity index (χ4v) is 5.88. The van der Waals surface area contributed by atoms with E-state index < -0.39 is 0 Å². The molecule has 0 unspecified atom stereocenters. The molecule has 2 aromatic carbocycles. The summed E-state index contributed by atoms with van der Waals surface area (Å²) in [4.78, 5) is 20.2. The zero-order chi connectivity index (χ0) is 24.3. The minimum atomic E-state index is 0.0646. The third-order valence-corrected chi connectivity index (χ3v) is 7.93. The second-order valence-electron chi connectivity index (χ2n) is 10.2. The van der Waals surface area contributed by atoms with Gasteiger partial charge in [0.1, 0.15) is 5.52 Å². The zero-order valence-corrected chi connectivity index (χ0v) is 20.7. The Hall–Kier alpha value is -3.44. The van der Waals surface area contributed by atoms with Crippen molar-refractivity contribution in [1.82, 2.24) is 14.5 Å². The standard InChI is InChI=1S/C31H33N3O2/c35-31(33-15-17-36-18-16-33)28-22-34(21-23-11-13-26(14-12-23)24-7-3-1-4-8-24)29-19-27(20-32-30(28)29)25-9-5-2-6-10-25/h1-10,19-20,22-23,26H,11-18,21H2. The summed E-state index contributed by atoms with van der Waals surface area (Å²) in [6.45, 7) is 3.39. The number of hydrogen-bond donors (Lipinski definition) is 0. The SMILES string of the molecule is O=C(c1cn(CC2CCC(c3ccccc3)CC2)c2cc(-c3ccccc3)cnc12)N1CCOCC1. The van der Waals surface area contributed by atoms with Gasteiger partial charge in [-0.2, -0.15) is 0 Å². The van der Waals surface area contributed by atoms with Crippen LogP contribution in [0, 0.1) is 5.92 Å². The van der Waals surface area contributed by atoms with E-state index in [9.17, 15) is 4.79 Å². The van der Waals surface area contributed by atoms with E-state index in [2.05, 4.69) is 71.4 Å². The van der Waals surface area contributed by atoms with Crippen LogP contribution in [0.2, 0.25) is 0 Å². The quantitative estimate of drug-likeness (QED) is 0.345. The van der Waals surface area contributed by atoms with Crippen LogP contribution in [-0.2, 0) is 11.3 Å². The van der Waals surface area contributed by atoms with Crippen LogP contribution in [0.4, 0.5) is 0 Å². The fraction of sp³-hybridized carbons (Fsp3) is 0.355. The zero-order valence-electron chi connectivity index (χ0n) is 20.7. The van der Waals surface area contributed by atoms with Gasteiger partial charge >= 0.3 is 0 Å². The van der Waals surface area contributed by atoms with Crippen LogP contribution in [0.25, 0.3) is 22.2 Å². The summed E-state index contributed by atoms with van der Waals surface area (Å²) >= 11 is 0. The molecule has 184 valence electrons. The molecule has 1 saturated carbocycles. The number of carbonyl (C=O) groups is 1. The molecular formula is C31H33N3O2. The van der Waals surface area contributed by atoms with E-state index in [0.717, 1.165) is 28.7 Å². The molecular weight excluding hydrogens is 446 g/mol. The lowest BCUT2D eigenvalue weighted by Gasteiger charge is -2.29. The second kappa shape index (κ2) is 10.3. The van der Waals surface area contributed by atoms with Gasteiger partial charge in [-0.05, 0) is 54.7 Å². The van der Waals surface area contributed by atoms with Crippen molar-refractivity contribution >= 4 is 16.9 Å². The number of nitrogens with zero attached hydrogens (tertiary/aromatic N) is 3. The Morgan fingerprint density at radius 2 is 1.58 bits per heavy atom. The molecule has 0 bridgehead atoms. The molecule has 1 aliphatic carbocycles. The average molecular weight is 480 g/mol. The van der Waals surface area contributed by atoms with Crippen LogP contribution >= 0.6 is 0 Å². The summed E-state index contributed by atoms with van der Waals surface area (Å²) in [6.07, 6.45) is 8.83. The summed E-state index contributed by atoms with van der Waals surface area (Å²) in [7, 11) is 0. The molecule has 0 N–H and O–H groups in total. The number of carbonyl (C=O) groups excluding carboxylic acids is 1. The summed E-state index contributed by atoms with van der Waals surface area (Å²) in [5.41, 5.74) is 6.27. The molecule has 1 saturated heterocycles. The molecule has 3 heterocycles. The number of fused-ring (bicyclic) bond motifs is 1. The highest BCUT2D eigenvalue weighted by Gasteiger charge is 2.26. The smallest absolute Gasteiger partial charge is 0.257 e. The Morgan fingerprint density at radius 3 is 2.31 bits per heavy atom. The molecule has 1 aliphatic heterocycles. The number of benzene rings is 2. The topological polar surface area (TPSA) is 47.4 Å². The maximum Gasteiger partial charge on any atom is 0.257 e. The van der Waals surface area contributed by atoms with Crippen molar-refractivity contribution in [1.29, 1.82) is 0 Å². The minimum Gasteiger partial charge on any atom is -0.378 e. The number of ether oxygens (including phenoxy) is 1. The Bertz CT molecular complexity index is 1320. The number of pyridine rings is 1. The summed E-state index contributed by atoms with van der Waals surface area (Å²) < 4.78 is 7.77. The molecule has 5 nitrogen and oxygen atoms in total. The molecule has 2 aliphatic rings. The monoisotopic (exact) mass is 479 g/mol. The van der Waals surface area contributed by atoms with E-state index in [0.29, 0.717) is 43.7 Å². The predicted molar refractivity (Wildman–Crippen MR) is 143 cm³/mol. The Balaban J connectivity index is 1.29. The van der Waals surface area contributed by atoms with Gasteiger partial charge < -0.3 is 14.2 Å². The van der Waals surface area contributed by atoms with Gasteiger partial charge in [0.2, 0.25) is 0 Å². The van der Waals surface area contributed by atoms with Crippen LogP contribution < -0.4 is 0 Å². The van der Waals surface area contributed by atoms with Gasteiger partial charge in [0.05, 0.1) is 24.3 Å². The van der Waals surface area contributed by atoms with E-state index in [1.165, 1.54) is 31.2 Å². The van der Waals surface area contributed by atoms with Gasteiger partial charge in [0.15, 0.2) is 0 Å². The predicted octanol–water partition coefficient (Wildman–Crippen LogP) is 6.15. The first-order valence-electron chi connectivity index (χ1n) is 13.2. The minimum absolute atomic E-state index is 0.0646. The molecule has 0 atom stereocenters. The Kier molecular flexibility index (Phi) is 6.56. The first-order chi connectivity index (χ1) is 17.8. The van der Waals surface area contributed by atoms with Gasteiger partial charge in [-0.15, -0.1) is 0 Å². The van der Waals surface area contributed by atoms with E-state index in [1.807, 2.05) is 17.2 Å². The van der Waals surface area contributed by atoms with Crippen molar-refractivity contribution in [3.05, 3.63) is 90.3 Å². The average Bonchev–Trinajstić information content (AvgIpc) is 3.32. The van der Waals surface area contributed by atoms with E-state index in [1.54, 1.807) is 0 Å². The molecule has 5 heteroatoms. The lowest BCUT2D eigenvalue weighted by Crippen LogP contribution is -2.40. The highest BCUT2D eigenvalue weighted by Crippen LogP contribution is 2.37. The maximum atomic E-state index is 13.5. The van der Waals surface area contributed by atoms with Gasteiger partial charge in [-0.1, -0.05) is 60.7 Å². The highest BCUT2D eigenvalue weighted by molar-refractivity contribution is 6.06. The second-order valence-corrected chi connectivity index (χ2v) is 10.2. The van der Waals surface area contributed by atoms with Crippen LogP contribution in [0.15, 0.2) is 79.1 Å². The largest absolute Gasteiger partial charge is 0.378 e. The van der Waals surface area contributed by atoms with Crippen molar-refractivity contribution in [2.75, 3.05) is 26.3 Å². The van der Waals surface area contributed by atoms with Crippen LogP contribution in [0.1, 0.15) is 47.5 Å². The van der Waals surface area contributed by atoms with Crippen molar-refractivity contribution < 1.29 is 9.53 Å². The first-order valence-corrected chi connectivity index (χ1v) is 13.2. The fourth-order valence-electron chi connectivity index (χ4n) is 5.88. The summed E-state index contributed by atoms with van der Waals surface area (Å²) in [5.74, 6) is 1.33. The van der Waals surface area contributed by atoms with E-state index in [-0.39, 0.29) is 5.91 Å². The Morgan fingerprint density at radius 1 is 0.889 bits per heavy atom. The van der Waals surface area contributed by atoms with Crippen molar-refractivity contribution in [2.45, 2.75) is 38.1 Å². The summed E-state index contributed by atoms with van der Waals surface area (Å²) in [6, 6.07) is 23.5. The van der Waals surface area contributed by atoms with Crippen LogP contribution in [0.3, 0.4) is 0 Å². The maximum absolute atomic E-state index is 13.5. The van der Waals surface area contributed by atoms with E-state index in [4.69, 9.17) is 9.72 Å². The molecule has 0 spiro atoms. The number of amides is 1. The van der Waals surface area contributed by atoms with Gasteiger partial charge in [0, 0.05) is 37.6 Å². The third kappa shape index (κ3) is 4.68. The molecule has 4 aromatic rings. The van der Waals surface area contributed by atoms with Crippen molar-refractivity contribution in [2.24, 2.45) is 5.92 Å². The van der Waals surface area contributed by atoms with Gasteiger partial charge in [-0.25, -0.2) is 0 Å². The van der Waals surface area contributed by atoms with Crippen LogP contribution in [0.5, 0.6) is 0 Å². The number of hydrogen-bond acceptors (Lipinski definition) is 3. The molecule has 36 heavy (non-hydrogen) atoms. The summed E-state index contributed by atoms with van der Waals surface area (Å²) in [5, 5.41) is 0. The molecule has 2 fully saturated rings. The first kappa shape index (κ1) is 23.0. The lowest BCUT2D eigenvalue weighted by molar-refractivity contribution is 0.0304.